The highest BCUT2D eigenvalue weighted by Crippen LogP contribution is 2.31. The number of fused-ring (bicyclic) bond motifs is 1. The standard InChI is InChI=1S/C20H23N3OS/c1-14-7-5-9-16(13-14)19(24)23(12-11-22(3)4)20-21-18-15(2)8-6-10-17(18)25-20/h5-10,13H,11-12H2,1-4H3/p+1. The van der Waals surface area contributed by atoms with Gasteiger partial charge >= 0.3 is 0 Å². The van der Waals surface area contributed by atoms with Gasteiger partial charge in [0.2, 0.25) is 0 Å². The van der Waals surface area contributed by atoms with E-state index in [1.807, 2.05) is 42.2 Å². The topological polar surface area (TPSA) is 37.6 Å². The first-order chi connectivity index (χ1) is 12.0. The van der Waals surface area contributed by atoms with Crippen LogP contribution in [0.25, 0.3) is 10.2 Å². The molecule has 1 heterocycles. The predicted molar refractivity (Wildman–Crippen MR) is 105 cm³/mol. The van der Waals surface area contributed by atoms with Crippen LogP contribution in [0.15, 0.2) is 42.5 Å². The second-order valence-electron chi connectivity index (χ2n) is 6.70. The number of quaternary nitrogens is 1. The molecule has 0 aliphatic carbocycles. The second kappa shape index (κ2) is 7.33. The van der Waals surface area contributed by atoms with E-state index in [1.54, 1.807) is 11.3 Å². The van der Waals surface area contributed by atoms with Crippen molar-refractivity contribution in [1.29, 1.82) is 0 Å². The van der Waals surface area contributed by atoms with Crippen LogP contribution in [-0.4, -0.2) is 38.1 Å². The second-order valence-corrected chi connectivity index (χ2v) is 7.71. The summed E-state index contributed by atoms with van der Waals surface area (Å²) in [4.78, 5) is 21.1. The number of rotatable bonds is 5. The van der Waals surface area contributed by atoms with Gasteiger partial charge in [0.1, 0.15) is 0 Å². The first-order valence-corrected chi connectivity index (χ1v) is 9.31. The van der Waals surface area contributed by atoms with E-state index in [4.69, 9.17) is 4.98 Å². The van der Waals surface area contributed by atoms with Crippen molar-refractivity contribution >= 4 is 32.6 Å². The number of anilines is 1. The maximum atomic E-state index is 13.2. The van der Waals surface area contributed by atoms with Gasteiger partial charge in [-0.05, 0) is 37.6 Å². The number of para-hydroxylation sites is 1. The number of thiazole rings is 1. The summed E-state index contributed by atoms with van der Waals surface area (Å²) in [5, 5.41) is 0.775. The molecule has 5 heteroatoms. The molecular weight excluding hydrogens is 330 g/mol. The van der Waals surface area contributed by atoms with Crippen LogP contribution in [0.1, 0.15) is 21.5 Å². The van der Waals surface area contributed by atoms with Gasteiger partial charge in [0.25, 0.3) is 5.91 Å². The van der Waals surface area contributed by atoms with Crippen molar-refractivity contribution in [3.05, 3.63) is 59.2 Å². The number of nitrogens with zero attached hydrogens (tertiary/aromatic N) is 2. The molecule has 1 amide bonds. The number of benzene rings is 2. The van der Waals surface area contributed by atoms with E-state index in [-0.39, 0.29) is 5.91 Å². The molecule has 0 saturated carbocycles. The van der Waals surface area contributed by atoms with Gasteiger partial charge in [-0.1, -0.05) is 41.2 Å². The van der Waals surface area contributed by atoms with E-state index in [1.165, 1.54) is 4.90 Å². The van der Waals surface area contributed by atoms with Gasteiger partial charge in [-0.2, -0.15) is 0 Å². The Morgan fingerprint density at radius 2 is 1.92 bits per heavy atom. The van der Waals surface area contributed by atoms with Crippen molar-refractivity contribution in [2.75, 3.05) is 32.1 Å². The van der Waals surface area contributed by atoms with Crippen molar-refractivity contribution in [1.82, 2.24) is 4.98 Å². The summed E-state index contributed by atoms with van der Waals surface area (Å²) >= 11 is 1.58. The van der Waals surface area contributed by atoms with Gasteiger partial charge in [0, 0.05) is 5.56 Å². The normalized spacial score (nSPS) is 11.2. The summed E-state index contributed by atoms with van der Waals surface area (Å²) in [5.41, 5.74) is 3.93. The maximum absolute atomic E-state index is 13.2. The molecule has 3 rings (SSSR count). The molecule has 130 valence electrons. The van der Waals surface area contributed by atoms with Crippen molar-refractivity contribution in [2.24, 2.45) is 0 Å². The third-order valence-electron chi connectivity index (χ3n) is 4.19. The zero-order valence-corrected chi connectivity index (χ0v) is 16.0. The van der Waals surface area contributed by atoms with Gasteiger partial charge in [-0.15, -0.1) is 0 Å². The average Bonchev–Trinajstić information content (AvgIpc) is 3.00. The summed E-state index contributed by atoms with van der Waals surface area (Å²) in [6.45, 7) is 5.58. The minimum absolute atomic E-state index is 0.0154. The lowest BCUT2D eigenvalue weighted by Crippen LogP contribution is -3.06. The average molecular weight is 354 g/mol. The Kier molecular flexibility index (Phi) is 5.16. The monoisotopic (exact) mass is 354 g/mol. The molecule has 2 aromatic carbocycles. The van der Waals surface area contributed by atoms with Crippen LogP contribution < -0.4 is 9.80 Å². The van der Waals surface area contributed by atoms with E-state index < -0.39 is 0 Å². The third kappa shape index (κ3) is 3.89. The van der Waals surface area contributed by atoms with Crippen molar-refractivity contribution in [3.63, 3.8) is 0 Å². The Morgan fingerprint density at radius 3 is 2.60 bits per heavy atom. The molecule has 0 aliphatic heterocycles. The molecule has 0 atom stereocenters. The summed E-state index contributed by atoms with van der Waals surface area (Å²) in [6.07, 6.45) is 0. The first kappa shape index (κ1) is 17.6. The number of aryl methyl sites for hydroxylation is 2. The fourth-order valence-corrected chi connectivity index (χ4v) is 3.81. The van der Waals surface area contributed by atoms with E-state index in [0.29, 0.717) is 12.1 Å². The quantitative estimate of drug-likeness (QED) is 0.765. The number of hydrogen-bond acceptors (Lipinski definition) is 3. The van der Waals surface area contributed by atoms with Crippen LogP contribution in [0.3, 0.4) is 0 Å². The fourth-order valence-electron chi connectivity index (χ4n) is 2.74. The number of carbonyl (C=O) groups is 1. The van der Waals surface area contributed by atoms with Gasteiger partial charge in [0.15, 0.2) is 5.13 Å². The highest BCUT2D eigenvalue weighted by molar-refractivity contribution is 7.22. The summed E-state index contributed by atoms with van der Waals surface area (Å²) in [6, 6.07) is 13.9. The van der Waals surface area contributed by atoms with Crippen LogP contribution >= 0.6 is 11.3 Å². The summed E-state index contributed by atoms with van der Waals surface area (Å²) in [7, 11) is 4.19. The minimum atomic E-state index is 0.0154. The largest absolute Gasteiger partial charge is 0.338 e. The molecule has 1 N–H and O–H groups in total. The van der Waals surface area contributed by atoms with Crippen LogP contribution in [0.2, 0.25) is 0 Å². The van der Waals surface area contributed by atoms with E-state index in [2.05, 4.69) is 33.2 Å². The molecule has 0 aliphatic rings. The van der Waals surface area contributed by atoms with Crippen LogP contribution in [0.4, 0.5) is 5.13 Å². The molecule has 0 saturated heterocycles. The molecule has 4 nitrogen and oxygen atoms in total. The Morgan fingerprint density at radius 1 is 1.16 bits per heavy atom. The first-order valence-electron chi connectivity index (χ1n) is 8.49. The Bertz CT molecular complexity index is 901. The van der Waals surface area contributed by atoms with Crippen LogP contribution in [0, 0.1) is 13.8 Å². The maximum Gasteiger partial charge on any atom is 0.260 e. The van der Waals surface area contributed by atoms with Crippen molar-refractivity contribution in [2.45, 2.75) is 13.8 Å². The Labute approximate surface area is 152 Å². The number of carbonyl (C=O) groups excluding carboxylic acids is 1. The number of hydrogen-bond donors (Lipinski definition) is 1. The Balaban J connectivity index is 2.01. The summed E-state index contributed by atoms with van der Waals surface area (Å²) in [5.74, 6) is 0.0154. The molecule has 3 aromatic rings. The van der Waals surface area contributed by atoms with Gasteiger partial charge in [-0.25, -0.2) is 4.98 Å². The van der Waals surface area contributed by atoms with Gasteiger partial charge < -0.3 is 4.90 Å². The molecule has 0 fully saturated rings. The van der Waals surface area contributed by atoms with E-state index >= 15 is 0 Å². The third-order valence-corrected chi connectivity index (χ3v) is 5.23. The zero-order valence-electron chi connectivity index (χ0n) is 15.2. The van der Waals surface area contributed by atoms with Gasteiger partial charge in [0.05, 0.1) is 37.4 Å². The SMILES string of the molecule is Cc1cccc(C(=O)N(CC[NH+](C)C)c2nc3c(C)cccc3s2)c1. The number of nitrogens with one attached hydrogen (secondary N) is 1. The highest BCUT2D eigenvalue weighted by atomic mass is 32.1. The molecule has 25 heavy (non-hydrogen) atoms. The molecule has 0 bridgehead atoms. The lowest BCUT2D eigenvalue weighted by atomic mass is 10.1. The number of likely N-dealkylation sites (N-methyl/N-ethyl adjacent to an activating group) is 1. The predicted octanol–water partition coefficient (Wildman–Crippen LogP) is 2.70. The molecule has 0 unspecified atom stereocenters. The lowest BCUT2D eigenvalue weighted by Gasteiger charge is -2.21. The summed E-state index contributed by atoms with van der Waals surface area (Å²) < 4.78 is 1.12. The number of aromatic nitrogens is 1. The Hall–Kier alpha value is -2.24. The number of amides is 1. The fraction of sp³-hybridized carbons (Fsp3) is 0.300. The van der Waals surface area contributed by atoms with Crippen molar-refractivity contribution in [3.8, 4) is 0 Å². The minimum Gasteiger partial charge on any atom is -0.338 e. The molecule has 1 aromatic heterocycles. The lowest BCUT2D eigenvalue weighted by molar-refractivity contribution is -0.856. The van der Waals surface area contributed by atoms with Gasteiger partial charge in [-0.3, -0.25) is 9.69 Å². The zero-order chi connectivity index (χ0) is 18.0. The molecular formula is C20H24N3OS+. The van der Waals surface area contributed by atoms with E-state index in [9.17, 15) is 4.79 Å². The van der Waals surface area contributed by atoms with E-state index in [0.717, 1.165) is 33.0 Å². The van der Waals surface area contributed by atoms with Crippen LogP contribution in [-0.2, 0) is 0 Å². The van der Waals surface area contributed by atoms with Crippen LogP contribution in [0.5, 0.6) is 0 Å². The molecule has 0 spiro atoms. The van der Waals surface area contributed by atoms with Crippen molar-refractivity contribution < 1.29 is 9.69 Å². The smallest absolute Gasteiger partial charge is 0.260 e. The molecule has 0 radical (unpaired) electrons. The highest BCUT2D eigenvalue weighted by Gasteiger charge is 2.22.